The fourth-order valence-electron chi connectivity index (χ4n) is 5.04. The van der Waals surface area contributed by atoms with Crippen LogP contribution < -0.4 is 5.69 Å². The van der Waals surface area contributed by atoms with Crippen LogP contribution in [0.3, 0.4) is 0 Å². The van der Waals surface area contributed by atoms with Gasteiger partial charge >= 0.3 is 5.69 Å². The average molecular weight is 395 g/mol. The molecule has 0 N–H and O–H groups in total. The SMILES string of the molecule is CCN1C[C@H](c2ccccc2)CC2(CCN(C(=O)Cn3cccnc3=O)CC2)C1. The first-order valence-corrected chi connectivity index (χ1v) is 10.7. The van der Waals surface area contributed by atoms with E-state index in [1.807, 2.05) is 4.90 Å². The summed E-state index contributed by atoms with van der Waals surface area (Å²) in [6, 6.07) is 12.5. The number of piperidine rings is 2. The predicted molar refractivity (Wildman–Crippen MR) is 113 cm³/mol. The summed E-state index contributed by atoms with van der Waals surface area (Å²) in [5, 5.41) is 0. The van der Waals surface area contributed by atoms with Crippen LogP contribution in [-0.4, -0.2) is 58.0 Å². The van der Waals surface area contributed by atoms with Crippen LogP contribution in [0.15, 0.2) is 53.6 Å². The van der Waals surface area contributed by atoms with Gasteiger partial charge in [-0.05, 0) is 48.8 Å². The average Bonchev–Trinajstić information content (AvgIpc) is 2.76. The third-order valence-electron chi connectivity index (χ3n) is 6.70. The zero-order chi connectivity index (χ0) is 20.3. The Hall–Kier alpha value is -2.47. The van der Waals surface area contributed by atoms with E-state index in [-0.39, 0.29) is 23.6 Å². The first kappa shape index (κ1) is 19.8. The van der Waals surface area contributed by atoms with Gasteiger partial charge in [-0.3, -0.25) is 9.36 Å². The topological polar surface area (TPSA) is 58.4 Å². The van der Waals surface area contributed by atoms with Crippen molar-refractivity contribution < 1.29 is 4.79 Å². The number of rotatable bonds is 4. The number of hydrogen-bond acceptors (Lipinski definition) is 4. The summed E-state index contributed by atoms with van der Waals surface area (Å²) < 4.78 is 1.39. The summed E-state index contributed by atoms with van der Waals surface area (Å²) in [7, 11) is 0. The Morgan fingerprint density at radius 1 is 1.17 bits per heavy atom. The maximum Gasteiger partial charge on any atom is 0.347 e. The Morgan fingerprint density at radius 2 is 1.93 bits per heavy atom. The number of likely N-dealkylation sites (tertiary alicyclic amines) is 2. The lowest BCUT2D eigenvalue weighted by molar-refractivity contribution is -0.135. The molecule has 1 spiro atoms. The highest BCUT2D eigenvalue weighted by Gasteiger charge is 2.42. The number of nitrogens with zero attached hydrogens (tertiary/aromatic N) is 4. The summed E-state index contributed by atoms with van der Waals surface area (Å²) >= 11 is 0. The van der Waals surface area contributed by atoms with Gasteiger partial charge in [0.2, 0.25) is 5.91 Å². The molecule has 2 aromatic rings. The fourth-order valence-corrected chi connectivity index (χ4v) is 5.04. The smallest absolute Gasteiger partial charge is 0.341 e. The number of amides is 1. The van der Waals surface area contributed by atoms with Crippen LogP contribution in [0.5, 0.6) is 0 Å². The van der Waals surface area contributed by atoms with Gasteiger partial charge in [0, 0.05) is 38.6 Å². The molecule has 2 aliphatic rings. The van der Waals surface area contributed by atoms with Crippen molar-refractivity contribution in [2.24, 2.45) is 5.41 Å². The molecule has 2 fully saturated rings. The Morgan fingerprint density at radius 3 is 2.62 bits per heavy atom. The van der Waals surface area contributed by atoms with E-state index in [1.165, 1.54) is 22.7 Å². The first-order chi connectivity index (χ1) is 14.1. The molecule has 1 aromatic carbocycles. The summed E-state index contributed by atoms with van der Waals surface area (Å²) in [6.45, 7) is 7.17. The minimum Gasteiger partial charge on any atom is -0.341 e. The van der Waals surface area contributed by atoms with Crippen molar-refractivity contribution in [3.8, 4) is 0 Å². The van der Waals surface area contributed by atoms with Crippen LogP contribution >= 0.6 is 0 Å². The minimum atomic E-state index is -0.370. The maximum absolute atomic E-state index is 12.7. The van der Waals surface area contributed by atoms with Crippen LogP contribution in [0.4, 0.5) is 0 Å². The molecule has 6 nitrogen and oxygen atoms in total. The number of carbonyl (C=O) groups is 1. The molecular formula is C23H30N4O2. The van der Waals surface area contributed by atoms with Gasteiger partial charge in [-0.1, -0.05) is 37.3 Å². The van der Waals surface area contributed by atoms with Crippen LogP contribution in [0.25, 0.3) is 0 Å². The van der Waals surface area contributed by atoms with E-state index in [0.29, 0.717) is 5.92 Å². The molecule has 2 saturated heterocycles. The van der Waals surface area contributed by atoms with E-state index in [0.717, 1.165) is 45.6 Å². The second-order valence-corrected chi connectivity index (χ2v) is 8.55. The standard InChI is InChI=1S/C23H30N4O2/c1-2-25-16-20(19-7-4-3-5-8-19)15-23(18-25)9-13-26(14-10-23)21(28)17-27-12-6-11-24-22(27)29/h3-8,11-12,20H,2,9-10,13-18H2,1H3/t20-/m1/s1. The zero-order valence-electron chi connectivity index (χ0n) is 17.2. The van der Waals surface area contributed by atoms with Crippen molar-refractivity contribution in [3.05, 3.63) is 64.8 Å². The van der Waals surface area contributed by atoms with Gasteiger partial charge in [0.1, 0.15) is 6.54 Å². The van der Waals surface area contributed by atoms with Crippen LogP contribution in [0, 0.1) is 5.41 Å². The lowest BCUT2D eigenvalue weighted by Gasteiger charge is -2.50. The Labute approximate surface area is 172 Å². The number of hydrogen-bond donors (Lipinski definition) is 0. The van der Waals surface area contributed by atoms with E-state index in [9.17, 15) is 9.59 Å². The van der Waals surface area contributed by atoms with Crippen molar-refractivity contribution >= 4 is 5.91 Å². The minimum absolute atomic E-state index is 0.0118. The van der Waals surface area contributed by atoms with Gasteiger partial charge in [-0.25, -0.2) is 9.78 Å². The molecular weight excluding hydrogens is 364 g/mol. The van der Waals surface area contributed by atoms with E-state index < -0.39 is 0 Å². The Kier molecular flexibility index (Phi) is 5.81. The van der Waals surface area contributed by atoms with E-state index in [1.54, 1.807) is 12.3 Å². The van der Waals surface area contributed by atoms with Crippen molar-refractivity contribution in [1.82, 2.24) is 19.4 Å². The predicted octanol–water partition coefficient (Wildman–Crippen LogP) is 2.36. The third-order valence-corrected chi connectivity index (χ3v) is 6.70. The van der Waals surface area contributed by atoms with E-state index in [2.05, 4.69) is 47.1 Å². The van der Waals surface area contributed by atoms with Gasteiger partial charge < -0.3 is 9.80 Å². The Bertz CT molecular complexity index is 887. The van der Waals surface area contributed by atoms with Crippen LogP contribution in [0.1, 0.15) is 37.7 Å². The molecule has 2 aliphatic heterocycles. The number of benzene rings is 1. The maximum atomic E-state index is 12.7. The summed E-state index contributed by atoms with van der Waals surface area (Å²) in [5.41, 5.74) is 1.34. The highest BCUT2D eigenvalue weighted by atomic mass is 16.2. The Balaban J connectivity index is 1.42. The highest BCUT2D eigenvalue weighted by Crippen LogP contribution is 2.45. The van der Waals surface area contributed by atoms with Crippen molar-refractivity contribution in [3.63, 3.8) is 0 Å². The van der Waals surface area contributed by atoms with Gasteiger partial charge in [0.25, 0.3) is 0 Å². The monoisotopic (exact) mass is 394 g/mol. The molecule has 1 aromatic heterocycles. The van der Waals surface area contributed by atoms with Crippen LogP contribution in [-0.2, 0) is 11.3 Å². The zero-order valence-corrected chi connectivity index (χ0v) is 17.2. The molecule has 0 saturated carbocycles. The number of carbonyl (C=O) groups excluding carboxylic acids is 1. The lowest BCUT2D eigenvalue weighted by Crippen LogP contribution is -2.53. The lowest BCUT2D eigenvalue weighted by atomic mass is 9.68. The second-order valence-electron chi connectivity index (χ2n) is 8.55. The molecule has 0 radical (unpaired) electrons. The van der Waals surface area contributed by atoms with Crippen molar-refractivity contribution in [2.45, 2.75) is 38.6 Å². The van der Waals surface area contributed by atoms with Crippen LogP contribution in [0.2, 0.25) is 0 Å². The van der Waals surface area contributed by atoms with Gasteiger partial charge in [0.05, 0.1) is 0 Å². The molecule has 0 aliphatic carbocycles. The fraction of sp³-hybridized carbons (Fsp3) is 0.522. The number of aromatic nitrogens is 2. The quantitative estimate of drug-likeness (QED) is 0.799. The van der Waals surface area contributed by atoms with E-state index in [4.69, 9.17) is 0 Å². The molecule has 154 valence electrons. The molecule has 1 amide bonds. The molecule has 4 rings (SSSR count). The first-order valence-electron chi connectivity index (χ1n) is 10.7. The van der Waals surface area contributed by atoms with Gasteiger partial charge in [-0.2, -0.15) is 0 Å². The van der Waals surface area contributed by atoms with Crippen molar-refractivity contribution in [2.75, 3.05) is 32.7 Å². The van der Waals surface area contributed by atoms with Gasteiger partial charge in [0.15, 0.2) is 0 Å². The molecule has 0 unspecified atom stereocenters. The molecule has 0 bridgehead atoms. The number of likely N-dealkylation sites (N-methyl/N-ethyl adjacent to an activating group) is 1. The third kappa shape index (κ3) is 4.42. The molecule has 29 heavy (non-hydrogen) atoms. The van der Waals surface area contributed by atoms with Gasteiger partial charge in [-0.15, -0.1) is 0 Å². The summed E-state index contributed by atoms with van der Waals surface area (Å²) in [4.78, 5) is 32.8. The second kappa shape index (κ2) is 8.49. The largest absolute Gasteiger partial charge is 0.347 e. The van der Waals surface area contributed by atoms with Crippen molar-refractivity contribution in [1.29, 1.82) is 0 Å². The molecule has 1 atom stereocenters. The molecule has 6 heteroatoms. The summed E-state index contributed by atoms with van der Waals surface area (Å²) in [6.07, 6.45) is 6.34. The highest BCUT2D eigenvalue weighted by molar-refractivity contribution is 5.76. The normalized spacial score (nSPS) is 22.0. The summed E-state index contributed by atoms with van der Waals surface area (Å²) in [5.74, 6) is 0.568. The van der Waals surface area contributed by atoms with E-state index >= 15 is 0 Å². The molecule has 3 heterocycles.